The molecule has 0 fully saturated rings. The standard InChI is InChI=1S/C13H18.C8H10.C3H9N/c1-11(13(2,3)4)10-12-8-6-5-7-9-12;1-2-8-6-4-3-5-7-8;1-2-3-4/h5-9H,1,10H2,2-4H3;3-7H,2H2,1H3;2-4H2,1H3. The van der Waals surface area contributed by atoms with E-state index in [0.717, 1.165) is 25.8 Å². The predicted molar refractivity (Wildman–Crippen MR) is 114 cm³/mol. The van der Waals surface area contributed by atoms with Crippen LogP contribution in [-0.2, 0) is 12.8 Å². The van der Waals surface area contributed by atoms with E-state index in [2.05, 4.69) is 89.7 Å². The molecule has 0 amide bonds. The number of nitrogens with two attached hydrogens (primary N) is 1. The Bertz CT molecular complexity index is 548. The Morgan fingerprint density at radius 1 is 0.840 bits per heavy atom. The minimum absolute atomic E-state index is 0.218. The summed E-state index contributed by atoms with van der Waals surface area (Å²) in [6.07, 6.45) is 3.23. The molecule has 2 rings (SSSR count). The molecule has 0 unspecified atom stereocenters. The van der Waals surface area contributed by atoms with Gasteiger partial charge >= 0.3 is 0 Å². The monoisotopic (exact) mass is 339 g/mol. The molecular formula is C24H37N. The van der Waals surface area contributed by atoms with Crippen molar-refractivity contribution < 1.29 is 0 Å². The number of hydrogen-bond donors (Lipinski definition) is 1. The van der Waals surface area contributed by atoms with Crippen molar-refractivity contribution in [3.63, 3.8) is 0 Å². The van der Waals surface area contributed by atoms with Crippen LogP contribution in [0.25, 0.3) is 0 Å². The molecule has 1 heteroatoms. The predicted octanol–water partition coefficient (Wildman–Crippen LogP) is 6.44. The van der Waals surface area contributed by atoms with E-state index < -0.39 is 0 Å². The third-order valence-corrected chi connectivity index (χ3v) is 3.86. The Hall–Kier alpha value is -1.86. The average molecular weight is 340 g/mol. The van der Waals surface area contributed by atoms with E-state index in [0.29, 0.717) is 0 Å². The molecule has 1 nitrogen and oxygen atoms in total. The van der Waals surface area contributed by atoms with Gasteiger partial charge < -0.3 is 5.73 Å². The fourth-order valence-electron chi connectivity index (χ4n) is 1.82. The highest BCUT2D eigenvalue weighted by molar-refractivity contribution is 5.22. The molecule has 138 valence electrons. The summed E-state index contributed by atoms with van der Waals surface area (Å²) in [5.74, 6) is 0. The van der Waals surface area contributed by atoms with Crippen molar-refractivity contribution in [2.45, 2.75) is 53.9 Å². The molecule has 0 aromatic heterocycles. The zero-order valence-electron chi connectivity index (χ0n) is 16.9. The first-order valence-electron chi connectivity index (χ1n) is 9.31. The molecule has 0 saturated heterocycles. The molecule has 2 aromatic carbocycles. The molecule has 0 aliphatic heterocycles. The van der Waals surface area contributed by atoms with Gasteiger partial charge in [-0.2, -0.15) is 0 Å². The number of benzene rings is 2. The van der Waals surface area contributed by atoms with Gasteiger partial charge in [-0.1, -0.05) is 107 Å². The van der Waals surface area contributed by atoms with E-state index in [4.69, 9.17) is 5.73 Å². The van der Waals surface area contributed by atoms with Crippen molar-refractivity contribution >= 4 is 0 Å². The summed E-state index contributed by atoms with van der Waals surface area (Å²) in [5, 5.41) is 0. The third kappa shape index (κ3) is 12.2. The smallest absolute Gasteiger partial charge is 0.00646 e. The Balaban J connectivity index is 0.000000407. The van der Waals surface area contributed by atoms with Gasteiger partial charge in [-0.05, 0) is 42.3 Å². The fourth-order valence-corrected chi connectivity index (χ4v) is 1.82. The lowest BCUT2D eigenvalue weighted by Crippen LogP contribution is -2.10. The van der Waals surface area contributed by atoms with E-state index in [9.17, 15) is 0 Å². The van der Waals surface area contributed by atoms with E-state index in [1.807, 2.05) is 12.1 Å². The quantitative estimate of drug-likeness (QED) is 0.638. The highest BCUT2D eigenvalue weighted by Gasteiger charge is 2.14. The molecule has 0 aliphatic carbocycles. The highest BCUT2D eigenvalue weighted by atomic mass is 14.5. The topological polar surface area (TPSA) is 26.0 Å². The van der Waals surface area contributed by atoms with Gasteiger partial charge in [0, 0.05) is 0 Å². The maximum atomic E-state index is 5.03. The Kier molecular flexibility index (Phi) is 12.4. The van der Waals surface area contributed by atoms with E-state index in [1.54, 1.807) is 0 Å². The molecule has 0 aliphatic rings. The first-order valence-corrected chi connectivity index (χ1v) is 9.31. The molecule has 2 aromatic rings. The SMILES string of the molecule is C=C(Cc1ccccc1)C(C)(C)C.CCCN.CCc1ccccc1. The van der Waals surface area contributed by atoms with Crippen LogP contribution in [-0.4, -0.2) is 6.54 Å². The zero-order valence-corrected chi connectivity index (χ0v) is 16.9. The van der Waals surface area contributed by atoms with Crippen LogP contribution in [0.2, 0.25) is 0 Å². The molecule has 0 atom stereocenters. The van der Waals surface area contributed by atoms with Crippen LogP contribution in [0.5, 0.6) is 0 Å². The molecule has 0 bridgehead atoms. The van der Waals surface area contributed by atoms with Crippen LogP contribution in [0.15, 0.2) is 72.8 Å². The summed E-state index contributed by atoms with van der Waals surface area (Å²) in [5.41, 5.74) is 9.30. The van der Waals surface area contributed by atoms with Gasteiger partial charge in [-0.25, -0.2) is 0 Å². The second kappa shape index (κ2) is 13.4. The minimum Gasteiger partial charge on any atom is -0.330 e. The van der Waals surface area contributed by atoms with Gasteiger partial charge in [0.25, 0.3) is 0 Å². The Labute approximate surface area is 156 Å². The fraction of sp³-hybridized carbons (Fsp3) is 0.417. The largest absolute Gasteiger partial charge is 0.330 e. The molecule has 0 saturated carbocycles. The maximum Gasteiger partial charge on any atom is -0.00646 e. The zero-order chi connectivity index (χ0) is 19.1. The lowest BCUT2D eigenvalue weighted by molar-refractivity contribution is 0.494. The van der Waals surface area contributed by atoms with Gasteiger partial charge in [0.15, 0.2) is 0 Å². The van der Waals surface area contributed by atoms with Crippen LogP contribution in [0.1, 0.15) is 52.2 Å². The second-order valence-corrected chi connectivity index (χ2v) is 7.14. The lowest BCUT2D eigenvalue weighted by atomic mass is 9.84. The molecule has 0 spiro atoms. The van der Waals surface area contributed by atoms with Crippen molar-refractivity contribution in [2.75, 3.05) is 6.54 Å². The Morgan fingerprint density at radius 2 is 1.24 bits per heavy atom. The summed E-state index contributed by atoms with van der Waals surface area (Å²) in [7, 11) is 0. The summed E-state index contributed by atoms with van der Waals surface area (Å²) < 4.78 is 0. The van der Waals surface area contributed by atoms with E-state index in [1.165, 1.54) is 16.7 Å². The van der Waals surface area contributed by atoms with Crippen molar-refractivity contribution in [2.24, 2.45) is 11.1 Å². The van der Waals surface area contributed by atoms with E-state index >= 15 is 0 Å². The summed E-state index contributed by atoms with van der Waals surface area (Å²) in [6, 6.07) is 20.9. The number of hydrogen-bond acceptors (Lipinski definition) is 1. The average Bonchev–Trinajstić information content (AvgIpc) is 2.63. The number of allylic oxidation sites excluding steroid dienone is 1. The molecule has 25 heavy (non-hydrogen) atoms. The highest BCUT2D eigenvalue weighted by Crippen LogP contribution is 2.26. The second-order valence-electron chi connectivity index (χ2n) is 7.14. The van der Waals surface area contributed by atoms with Gasteiger partial charge in [0.05, 0.1) is 0 Å². The van der Waals surface area contributed by atoms with Crippen LogP contribution < -0.4 is 5.73 Å². The van der Waals surface area contributed by atoms with Gasteiger partial charge in [0.1, 0.15) is 0 Å². The van der Waals surface area contributed by atoms with Crippen LogP contribution in [0.3, 0.4) is 0 Å². The Morgan fingerprint density at radius 3 is 1.52 bits per heavy atom. The lowest BCUT2D eigenvalue weighted by Gasteiger charge is -2.21. The van der Waals surface area contributed by atoms with Crippen LogP contribution >= 0.6 is 0 Å². The molecule has 0 heterocycles. The van der Waals surface area contributed by atoms with Gasteiger partial charge in [-0.15, -0.1) is 0 Å². The molecule has 0 radical (unpaired) electrons. The van der Waals surface area contributed by atoms with Crippen molar-refractivity contribution in [3.8, 4) is 0 Å². The summed E-state index contributed by atoms with van der Waals surface area (Å²) >= 11 is 0. The van der Waals surface area contributed by atoms with E-state index in [-0.39, 0.29) is 5.41 Å². The third-order valence-electron chi connectivity index (χ3n) is 3.86. The van der Waals surface area contributed by atoms with Crippen LogP contribution in [0, 0.1) is 5.41 Å². The minimum atomic E-state index is 0.218. The summed E-state index contributed by atoms with van der Waals surface area (Å²) in [6.45, 7) is 15.8. The van der Waals surface area contributed by atoms with Gasteiger partial charge in [-0.3, -0.25) is 0 Å². The van der Waals surface area contributed by atoms with Crippen LogP contribution in [0.4, 0.5) is 0 Å². The first kappa shape index (κ1) is 23.1. The van der Waals surface area contributed by atoms with Crippen molar-refractivity contribution in [1.82, 2.24) is 0 Å². The molecule has 2 N–H and O–H groups in total. The summed E-state index contributed by atoms with van der Waals surface area (Å²) in [4.78, 5) is 0. The van der Waals surface area contributed by atoms with Gasteiger partial charge in [0.2, 0.25) is 0 Å². The van der Waals surface area contributed by atoms with Crippen molar-refractivity contribution in [1.29, 1.82) is 0 Å². The normalized spacial score (nSPS) is 10.0. The van der Waals surface area contributed by atoms with Crippen molar-refractivity contribution in [3.05, 3.63) is 83.9 Å². The number of rotatable bonds is 4. The number of aryl methyl sites for hydroxylation is 1. The maximum absolute atomic E-state index is 5.03. The molecular weight excluding hydrogens is 302 g/mol. The first-order chi connectivity index (χ1) is 11.8.